The Labute approximate surface area is 153 Å². The summed E-state index contributed by atoms with van der Waals surface area (Å²) in [5.74, 6) is -0.944. The van der Waals surface area contributed by atoms with Gasteiger partial charge in [-0.05, 0) is 18.8 Å². The lowest BCUT2D eigenvalue weighted by Gasteiger charge is -2.44. The maximum Gasteiger partial charge on any atom is 0.248 e. The number of rotatable bonds is 2. The molecule has 130 valence electrons. The minimum atomic E-state index is -0.896. The molecule has 2 fully saturated rings. The molecule has 2 heterocycles. The van der Waals surface area contributed by atoms with Gasteiger partial charge in [0.1, 0.15) is 17.8 Å². The van der Waals surface area contributed by atoms with E-state index in [4.69, 9.17) is 34.8 Å². The van der Waals surface area contributed by atoms with Crippen molar-refractivity contribution in [2.24, 2.45) is 0 Å². The normalized spacial score (nSPS) is 27.0. The van der Waals surface area contributed by atoms with Gasteiger partial charge in [0.2, 0.25) is 11.8 Å². The fourth-order valence-corrected chi connectivity index (χ4v) is 4.13. The maximum atomic E-state index is 12.3. The molecule has 2 aliphatic rings. The van der Waals surface area contributed by atoms with Gasteiger partial charge in [-0.15, -0.1) is 0 Å². The average molecular weight is 394 g/mol. The smallest absolute Gasteiger partial charge is 0.248 e. The van der Waals surface area contributed by atoms with Crippen LogP contribution in [-0.2, 0) is 9.59 Å². The molecular formula is C15H15Cl3N2O4. The Morgan fingerprint density at radius 3 is 2.62 bits per heavy atom. The van der Waals surface area contributed by atoms with Crippen molar-refractivity contribution >= 4 is 46.6 Å². The number of phenolic OH excluding ortho intramolecular Hbond substituents is 1. The SMILES string of the molecule is O=C1N[C@H](CO)C(=O)N2CCC(c3c(O)cc(Cl)c(Cl)c3Cl)C[C@H]12. The lowest BCUT2D eigenvalue weighted by molar-refractivity contribution is -0.152. The Bertz CT molecular complexity index is 712. The Hall–Kier alpha value is -1.21. The third kappa shape index (κ3) is 2.81. The van der Waals surface area contributed by atoms with Crippen LogP contribution >= 0.6 is 34.8 Å². The number of carbonyl (C=O) groups is 2. The second-order valence-corrected chi connectivity index (χ2v) is 7.09. The number of hydrogen-bond acceptors (Lipinski definition) is 4. The summed E-state index contributed by atoms with van der Waals surface area (Å²) >= 11 is 18.2. The van der Waals surface area contributed by atoms with Crippen LogP contribution in [0.4, 0.5) is 0 Å². The Morgan fingerprint density at radius 1 is 1.25 bits per heavy atom. The molecule has 1 aromatic carbocycles. The molecule has 0 aliphatic carbocycles. The summed E-state index contributed by atoms with van der Waals surface area (Å²) in [4.78, 5) is 26.0. The van der Waals surface area contributed by atoms with Gasteiger partial charge >= 0.3 is 0 Å². The van der Waals surface area contributed by atoms with Crippen LogP contribution in [0.5, 0.6) is 5.75 Å². The largest absolute Gasteiger partial charge is 0.508 e. The number of fused-ring (bicyclic) bond motifs is 1. The molecule has 1 unspecified atom stereocenters. The first kappa shape index (κ1) is 17.6. The predicted octanol–water partition coefficient (Wildman–Crippen LogP) is 1.92. The average Bonchev–Trinajstić information content (AvgIpc) is 2.56. The minimum absolute atomic E-state index is 0.0800. The van der Waals surface area contributed by atoms with E-state index >= 15 is 0 Å². The lowest BCUT2D eigenvalue weighted by atomic mass is 9.83. The summed E-state index contributed by atoms with van der Waals surface area (Å²) in [6.07, 6.45) is 0.819. The molecule has 2 aliphatic heterocycles. The van der Waals surface area contributed by atoms with Crippen molar-refractivity contribution < 1.29 is 19.8 Å². The second kappa shape index (κ2) is 6.59. The summed E-state index contributed by atoms with van der Waals surface area (Å²) in [7, 11) is 0. The first-order valence-corrected chi connectivity index (χ1v) is 8.56. The van der Waals surface area contributed by atoms with Crippen LogP contribution in [0, 0.1) is 0 Å². The molecule has 3 atom stereocenters. The number of aromatic hydroxyl groups is 1. The highest BCUT2D eigenvalue weighted by Crippen LogP contribution is 2.46. The Kier molecular flexibility index (Phi) is 4.84. The van der Waals surface area contributed by atoms with E-state index in [0.29, 0.717) is 24.9 Å². The van der Waals surface area contributed by atoms with Crippen molar-refractivity contribution in [1.82, 2.24) is 10.2 Å². The molecule has 1 aromatic rings. The van der Waals surface area contributed by atoms with E-state index in [9.17, 15) is 19.8 Å². The van der Waals surface area contributed by atoms with E-state index in [1.54, 1.807) is 0 Å². The van der Waals surface area contributed by atoms with Gasteiger partial charge in [-0.25, -0.2) is 0 Å². The number of aliphatic hydroxyl groups is 1. The quantitative estimate of drug-likeness (QED) is 0.670. The molecule has 3 N–H and O–H groups in total. The fraction of sp³-hybridized carbons (Fsp3) is 0.467. The monoisotopic (exact) mass is 392 g/mol. The zero-order valence-corrected chi connectivity index (χ0v) is 14.7. The third-order valence-electron chi connectivity index (χ3n) is 4.57. The van der Waals surface area contributed by atoms with Crippen LogP contribution in [0.15, 0.2) is 6.07 Å². The molecule has 2 saturated heterocycles. The summed E-state index contributed by atoms with van der Waals surface area (Å²) in [5.41, 5.74) is 0.440. The van der Waals surface area contributed by atoms with Crippen molar-refractivity contribution in [2.75, 3.05) is 13.2 Å². The summed E-state index contributed by atoms with van der Waals surface area (Å²) in [6, 6.07) is -0.234. The number of piperidine rings is 1. The number of halogens is 3. The van der Waals surface area contributed by atoms with Gasteiger partial charge in [0.25, 0.3) is 0 Å². The van der Waals surface area contributed by atoms with Crippen molar-refractivity contribution in [2.45, 2.75) is 30.8 Å². The second-order valence-electron chi connectivity index (χ2n) is 5.93. The van der Waals surface area contributed by atoms with Gasteiger partial charge in [0, 0.05) is 18.2 Å². The number of benzene rings is 1. The molecule has 9 heteroatoms. The van der Waals surface area contributed by atoms with Crippen LogP contribution in [-0.4, -0.2) is 52.2 Å². The van der Waals surface area contributed by atoms with Gasteiger partial charge in [0.05, 0.1) is 21.7 Å². The number of amides is 2. The molecule has 2 amide bonds. The molecule has 0 radical (unpaired) electrons. The van der Waals surface area contributed by atoms with Crippen LogP contribution in [0.1, 0.15) is 24.3 Å². The van der Waals surface area contributed by atoms with E-state index in [2.05, 4.69) is 5.32 Å². The third-order valence-corrected chi connectivity index (χ3v) is 5.85. The van der Waals surface area contributed by atoms with Crippen LogP contribution in [0.25, 0.3) is 0 Å². The van der Waals surface area contributed by atoms with Gasteiger partial charge in [-0.2, -0.15) is 0 Å². The minimum Gasteiger partial charge on any atom is -0.508 e. The molecule has 0 aromatic heterocycles. The standard InChI is InChI=1S/C15H15Cl3N2O4/c16-7-4-10(22)11(13(18)12(7)17)6-1-2-20-9(3-6)14(23)19-8(5-21)15(20)24/h4,6,8-9,21-22H,1-3,5H2,(H,19,23)/t6?,8-,9-/m1/s1. The van der Waals surface area contributed by atoms with E-state index in [-0.39, 0.29) is 38.5 Å². The molecule has 0 saturated carbocycles. The van der Waals surface area contributed by atoms with Crippen LogP contribution in [0.2, 0.25) is 15.1 Å². The van der Waals surface area contributed by atoms with Gasteiger partial charge in [-0.3, -0.25) is 9.59 Å². The van der Waals surface area contributed by atoms with Crippen molar-refractivity contribution in [3.8, 4) is 5.75 Å². The summed E-state index contributed by atoms with van der Waals surface area (Å²) < 4.78 is 0. The molecular weight excluding hydrogens is 379 g/mol. The highest BCUT2D eigenvalue weighted by molar-refractivity contribution is 6.48. The number of aliphatic hydroxyl groups excluding tert-OH is 1. The van der Waals surface area contributed by atoms with Crippen LogP contribution in [0.3, 0.4) is 0 Å². The highest BCUT2D eigenvalue weighted by atomic mass is 35.5. The fourth-order valence-electron chi connectivity index (χ4n) is 3.38. The molecule has 0 spiro atoms. The zero-order valence-electron chi connectivity index (χ0n) is 12.4. The first-order chi connectivity index (χ1) is 11.3. The van der Waals surface area contributed by atoms with Crippen molar-refractivity contribution in [1.29, 1.82) is 0 Å². The zero-order chi connectivity index (χ0) is 17.6. The molecule has 3 rings (SSSR count). The van der Waals surface area contributed by atoms with E-state index in [1.807, 2.05) is 0 Å². The van der Waals surface area contributed by atoms with Crippen LogP contribution < -0.4 is 5.32 Å². The Morgan fingerprint density at radius 2 is 1.96 bits per heavy atom. The number of nitrogens with zero attached hydrogens (tertiary/aromatic N) is 1. The number of nitrogens with one attached hydrogen (secondary N) is 1. The van der Waals surface area contributed by atoms with E-state index in [0.717, 1.165) is 0 Å². The topological polar surface area (TPSA) is 89.9 Å². The van der Waals surface area contributed by atoms with E-state index < -0.39 is 18.7 Å². The first-order valence-electron chi connectivity index (χ1n) is 7.43. The molecule has 6 nitrogen and oxygen atoms in total. The lowest BCUT2D eigenvalue weighted by Crippen LogP contribution is -2.66. The number of piperazine rings is 1. The molecule has 24 heavy (non-hydrogen) atoms. The molecule has 0 bridgehead atoms. The number of phenols is 1. The van der Waals surface area contributed by atoms with Gasteiger partial charge in [0.15, 0.2) is 0 Å². The number of carbonyl (C=O) groups excluding carboxylic acids is 2. The van der Waals surface area contributed by atoms with Gasteiger partial charge in [-0.1, -0.05) is 34.8 Å². The van der Waals surface area contributed by atoms with Gasteiger partial charge < -0.3 is 20.4 Å². The Balaban J connectivity index is 1.90. The summed E-state index contributed by atoms with van der Waals surface area (Å²) in [6.45, 7) is -0.106. The maximum absolute atomic E-state index is 12.3. The van der Waals surface area contributed by atoms with Crippen molar-refractivity contribution in [3.63, 3.8) is 0 Å². The summed E-state index contributed by atoms with van der Waals surface area (Å²) in [5, 5.41) is 22.4. The number of hydrogen-bond donors (Lipinski definition) is 3. The predicted molar refractivity (Wildman–Crippen MR) is 89.6 cm³/mol. The van der Waals surface area contributed by atoms with Crippen molar-refractivity contribution in [3.05, 3.63) is 26.7 Å². The highest BCUT2D eigenvalue weighted by Gasteiger charge is 2.44. The van der Waals surface area contributed by atoms with E-state index in [1.165, 1.54) is 11.0 Å².